The maximum absolute atomic E-state index is 11.4. The number of hydrogen-bond donors (Lipinski definition) is 1. The molecule has 1 atom stereocenters. The highest BCUT2D eigenvalue weighted by atomic mass is 32.2. The topological polar surface area (TPSA) is 63.4 Å². The monoisotopic (exact) mass is 232 g/mol. The van der Waals surface area contributed by atoms with Gasteiger partial charge in [-0.05, 0) is 38.8 Å². The lowest BCUT2D eigenvalue weighted by molar-refractivity contribution is 0.201. The Morgan fingerprint density at radius 2 is 1.93 bits per heavy atom. The van der Waals surface area contributed by atoms with Crippen molar-refractivity contribution in [2.45, 2.75) is 37.8 Å². The van der Waals surface area contributed by atoms with E-state index in [4.69, 9.17) is 5.73 Å². The summed E-state index contributed by atoms with van der Waals surface area (Å²) in [4.78, 5) is 2.39. The maximum Gasteiger partial charge on any atom is 0.151 e. The molecule has 5 heteroatoms. The smallest absolute Gasteiger partial charge is 0.151 e. The molecule has 0 aromatic carbocycles. The Kier molecular flexibility index (Phi) is 3.33. The van der Waals surface area contributed by atoms with Crippen LogP contribution in [-0.2, 0) is 9.84 Å². The largest absolute Gasteiger partial charge is 0.330 e. The average molecular weight is 232 g/mol. The van der Waals surface area contributed by atoms with Crippen LogP contribution in [0.4, 0.5) is 0 Å². The van der Waals surface area contributed by atoms with Gasteiger partial charge in [0.05, 0.1) is 11.5 Å². The molecule has 88 valence electrons. The van der Waals surface area contributed by atoms with Crippen LogP contribution >= 0.6 is 0 Å². The third-order valence-corrected chi connectivity index (χ3v) is 5.06. The lowest BCUT2D eigenvalue weighted by atomic mass is 10.2. The molecule has 0 radical (unpaired) electrons. The molecule has 1 unspecified atom stereocenters. The summed E-state index contributed by atoms with van der Waals surface area (Å²) in [6, 6.07) is 0.920. The molecule has 2 rings (SSSR count). The van der Waals surface area contributed by atoms with Crippen molar-refractivity contribution in [2.75, 3.05) is 24.6 Å². The van der Waals surface area contributed by atoms with Gasteiger partial charge in [-0.3, -0.25) is 4.90 Å². The van der Waals surface area contributed by atoms with Crippen LogP contribution in [0.2, 0.25) is 0 Å². The number of nitrogens with two attached hydrogens (primary N) is 1. The van der Waals surface area contributed by atoms with Gasteiger partial charge in [0.15, 0.2) is 9.84 Å². The maximum atomic E-state index is 11.4. The van der Waals surface area contributed by atoms with Gasteiger partial charge in [0.25, 0.3) is 0 Å². The lowest BCUT2D eigenvalue weighted by Gasteiger charge is -2.27. The Labute approximate surface area is 91.7 Å². The van der Waals surface area contributed by atoms with Gasteiger partial charge in [-0.25, -0.2) is 8.42 Å². The van der Waals surface area contributed by atoms with Gasteiger partial charge >= 0.3 is 0 Å². The first-order valence-electron chi connectivity index (χ1n) is 5.78. The van der Waals surface area contributed by atoms with E-state index in [1.54, 1.807) is 0 Å². The minimum absolute atomic E-state index is 0.272. The zero-order valence-corrected chi connectivity index (χ0v) is 9.88. The molecular formula is C10H20N2O2S. The van der Waals surface area contributed by atoms with E-state index in [1.807, 2.05) is 0 Å². The minimum atomic E-state index is -2.74. The third-order valence-electron chi connectivity index (χ3n) is 3.31. The fourth-order valence-corrected chi connectivity index (χ4v) is 4.12. The Morgan fingerprint density at radius 1 is 1.20 bits per heavy atom. The minimum Gasteiger partial charge on any atom is -0.330 e. The fraction of sp³-hybridized carbons (Fsp3) is 1.00. The molecule has 1 saturated heterocycles. The average Bonchev–Trinajstić information content (AvgIpc) is 2.93. The third kappa shape index (κ3) is 2.92. The van der Waals surface area contributed by atoms with E-state index < -0.39 is 9.84 Å². The Balaban J connectivity index is 1.93. The molecule has 2 fully saturated rings. The predicted molar refractivity (Wildman–Crippen MR) is 60.5 cm³/mol. The molecule has 1 aliphatic carbocycles. The van der Waals surface area contributed by atoms with Gasteiger partial charge in [-0.2, -0.15) is 0 Å². The van der Waals surface area contributed by atoms with Gasteiger partial charge in [0, 0.05) is 12.1 Å². The van der Waals surface area contributed by atoms with Crippen LogP contribution in [0.25, 0.3) is 0 Å². The molecule has 0 spiro atoms. The van der Waals surface area contributed by atoms with Crippen LogP contribution in [0.5, 0.6) is 0 Å². The van der Waals surface area contributed by atoms with E-state index in [1.165, 1.54) is 12.8 Å². The molecule has 4 nitrogen and oxygen atoms in total. The highest BCUT2D eigenvalue weighted by molar-refractivity contribution is 7.91. The normalized spacial score (nSPS) is 29.9. The second kappa shape index (κ2) is 4.39. The first-order valence-corrected chi connectivity index (χ1v) is 7.61. The lowest BCUT2D eigenvalue weighted by Crippen LogP contribution is -2.39. The van der Waals surface area contributed by atoms with Gasteiger partial charge in [-0.1, -0.05) is 0 Å². The molecule has 1 aliphatic heterocycles. The molecule has 0 amide bonds. The van der Waals surface area contributed by atoms with Crippen LogP contribution in [0.3, 0.4) is 0 Å². The quantitative estimate of drug-likeness (QED) is 0.724. The summed E-state index contributed by atoms with van der Waals surface area (Å²) in [5.74, 6) is 0.748. The summed E-state index contributed by atoms with van der Waals surface area (Å²) < 4.78 is 22.8. The number of sulfone groups is 1. The summed E-state index contributed by atoms with van der Waals surface area (Å²) in [6.45, 7) is 1.67. The Hall–Kier alpha value is -0.130. The Morgan fingerprint density at radius 3 is 2.40 bits per heavy atom. The molecular weight excluding hydrogens is 212 g/mol. The summed E-state index contributed by atoms with van der Waals surface area (Å²) in [5.41, 5.74) is 5.50. The van der Waals surface area contributed by atoms with Gasteiger partial charge in [-0.15, -0.1) is 0 Å². The standard InChI is InChI=1S/C10H20N2O2S/c11-5-1-6-12(9-2-3-9)10-4-7-15(13,14)8-10/h9-10H,1-8,11H2. The van der Waals surface area contributed by atoms with Gasteiger partial charge in [0.2, 0.25) is 0 Å². The van der Waals surface area contributed by atoms with Crippen molar-refractivity contribution in [1.82, 2.24) is 4.90 Å². The van der Waals surface area contributed by atoms with Crippen molar-refractivity contribution in [2.24, 2.45) is 5.73 Å². The molecule has 2 aliphatic rings. The fourth-order valence-electron chi connectivity index (χ4n) is 2.38. The van der Waals surface area contributed by atoms with E-state index in [9.17, 15) is 8.42 Å². The predicted octanol–water partition coefficient (Wildman–Crippen LogP) is -0.0133. The molecule has 0 bridgehead atoms. The number of hydrogen-bond acceptors (Lipinski definition) is 4. The SMILES string of the molecule is NCCCN(C1CC1)C1CCS(=O)(=O)C1. The molecule has 0 aromatic heterocycles. The van der Waals surface area contributed by atoms with Crippen molar-refractivity contribution in [3.8, 4) is 0 Å². The summed E-state index contributed by atoms with van der Waals surface area (Å²) in [7, 11) is -2.74. The molecule has 0 aromatic rings. The van der Waals surface area contributed by atoms with Crippen molar-refractivity contribution >= 4 is 9.84 Å². The second-order valence-electron chi connectivity index (χ2n) is 4.67. The summed E-state index contributed by atoms with van der Waals surface area (Å²) in [6.07, 6.45) is 4.28. The van der Waals surface area contributed by atoms with E-state index in [-0.39, 0.29) is 6.04 Å². The molecule has 1 heterocycles. The van der Waals surface area contributed by atoms with Crippen molar-refractivity contribution in [3.05, 3.63) is 0 Å². The van der Waals surface area contributed by atoms with E-state index in [2.05, 4.69) is 4.90 Å². The Bertz CT molecular complexity index is 311. The first-order chi connectivity index (χ1) is 7.12. The zero-order chi connectivity index (χ0) is 10.9. The first kappa shape index (κ1) is 11.4. The molecule has 15 heavy (non-hydrogen) atoms. The van der Waals surface area contributed by atoms with Crippen LogP contribution in [0.15, 0.2) is 0 Å². The van der Waals surface area contributed by atoms with Crippen molar-refractivity contribution in [1.29, 1.82) is 0 Å². The highest BCUT2D eigenvalue weighted by Crippen LogP contribution is 2.32. The van der Waals surface area contributed by atoms with E-state index in [0.29, 0.717) is 24.1 Å². The van der Waals surface area contributed by atoms with Crippen LogP contribution in [-0.4, -0.2) is 50.0 Å². The van der Waals surface area contributed by atoms with Gasteiger partial charge in [0.1, 0.15) is 0 Å². The summed E-state index contributed by atoms with van der Waals surface area (Å²) in [5, 5.41) is 0. The molecule has 1 saturated carbocycles. The van der Waals surface area contributed by atoms with Crippen molar-refractivity contribution < 1.29 is 8.42 Å². The summed E-state index contributed by atoms with van der Waals surface area (Å²) >= 11 is 0. The van der Waals surface area contributed by atoms with Crippen LogP contribution in [0, 0.1) is 0 Å². The highest BCUT2D eigenvalue weighted by Gasteiger charge is 2.38. The molecule has 2 N–H and O–H groups in total. The second-order valence-corrected chi connectivity index (χ2v) is 6.90. The number of rotatable bonds is 5. The van der Waals surface area contributed by atoms with Crippen LogP contribution < -0.4 is 5.73 Å². The van der Waals surface area contributed by atoms with E-state index in [0.717, 1.165) is 19.4 Å². The van der Waals surface area contributed by atoms with E-state index >= 15 is 0 Å². The van der Waals surface area contributed by atoms with Gasteiger partial charge < -0.3 is 5.73 Å². The van der Waals surface area contributed by atoms with Crippen LogP contribution in [0.1, 0.15) is 25.7 Å². The van der Waals surface area contributed by atoms with Crippen molar-refractivity contribution in [3.63, 3.8) is 0 Å². The number of nitrogens with zero attached hydrogens (tertiary/aromatic N) is 1. The zero-order valence-electron chi connectivity index (χ0n) is 9.06.